The maximum absolute atomic E-state index is 15.0. The lowest BCUT2D eigenvalue weighted by molar-refractivity contribution is -0.145. The Balaban J connectivity index is 1.49. The van der Waals surface area contributed by atoms with Crippen LogP contribution in [-0.4, -0.2) is 82.6 Å². The minimum absolute atomic E-state index is 0.0844. The highest BCUT2D eigenvalue weighted by Gasteiger charge is 2.76. The Morgan fingerprint density at radius 3 is 2.57 bits per heavy atom. The lowest BCUT2D eigenvalue weighted by Gasteiger charge is -2.37. The number of aliphatic hydroxyl groups excluding tert-OH is 1. The van der Waals surface area contributed by atoms with Crippen molar-refractivity contribution >= 4 is 45.3 Å². The molecular formula is C40H50BrN3O7. The number of carbonyl (C=O) groups excluding carboxylic acids is 4. The third-order valence-electron chi connectivity index (χ3n) is 10.3. The SMILES string of the molecule is C=CCCC(=O)OC[C@@H](NC(=O)[C@@H]1[C@H]2O[C@@]3(CC2Br)[C@H](C(=O)N(CC=C)c2cc(C)ccc2C)N(CCCCCCO)C(=O)[C@@H]13)c1ccccc1. The number of nitrogens with zero attached hydrogens (tertiary/aromatic N) is 2. The Labute approximate surface area is 309 Å². The number of alkyl halides is 1. The van der Waals surface area contributed by atoms with Gasteiger partial charge < -0.3 is 29.7 Å². The molecule has 0 saturated carbocycles. The molecule has 3 fully saturated rings. The summed E-state index contributed by atoms with van der Waals surface area (Å²) in [5, 5.41) is 12.4. The third kappa shape index (κ3) is 8.00. The van der Waals surface area contributed by atoms with Crippen molar-refractivity contribution in [3.05, 3.63) is 90.5 Å². The maximum Gasteiger partial charge on any atom is 0.306 e. The molecule has 3 heterocycles. The first-order valence-electron chi connectivity index (χ1n) is 17.9. The predicted molar refractivity (Wildman–Crippen MR) is 199 cm³/mol. The van der Waals surface area contributed by atoms with Crippen LogP contribution in [0.25, 0.3) is 0 Å². The number of likely N-dealkylation sites (tertiary alicyclic amines) is 1. The van der Waals surface area contributed by atoms with E-state index >= 15 is 0 Å². The highest BCUT2D eigenvalue weighted by Crippen LogP contribution is 2.60. The molecule has 5 rings (SSSR count). The van der Waals surface area contributed by atoms with Gasteiger partial charge in [-0.15, -0.1) is 13.2 Å². The van der Waals surface area contributed by atoms with E-state index in [0.717, 1.165) is 35.2 Å². The number of hydrogen-bond donors (Lipinski definition) is 2. The van der Waals surface area contributed by atoms with E-state index in [1.165, 1.54) is 0 Å². The largest absolute Gasteiger partial charge is 0.463 e. The smallest absolute Gasteiger partial charge is 0.306 e. The molecule has 1 unspecified atom stereocenters. The van der Waals surface area contributed by atoms with Gasteiger partial charge in [-0.05, 0) is 62.3 Å². The summed E-state index contributed by atoms with van der Waals surface area (Å²) in [5.41, 5.74) is 2.15. The zero-order valence-corrected chi connectivity index (χ0v) is 31.2. The van der Waals surface area contributed by atoms with E-state index in [0.29, 0.717) is 32.2 Å². The molecule has 3 aliphatic rings. The monoisotopic (exact) mass is 763 g/mol. The van der Waals surface area contributed by atoms with Crippen molar-refractivity contribution in [1.29, 1.82) is 0 Å². The van der Waals surface area contributed by atoms with Gasteiger partial charge in [-0.3, -0.25) is 19.2 Å². The lowest BCUT2D eigenvalue weighted by Crippen LogP contribution is -2.57. The van der Waals surface area contributed by atoms with Gasteiger partial charge in [-0.25, -0.2) is 0 Å². The Morgan fingerprint density at radius 1 is 1.12 bits per heavy atom. The van der Waals surface area contributed by atoms with Gasteiger partial charge in [-0.2, -0.15) is 0 Å². The number of carbonyl (C=O) groups is 4. The van der Waals surface area contributed by atoms with Crippen LogP contribution in [0.3, 0.4) is 0 Å². The predicted octanol–water partition coefficient (Wildman–Crippen LogP) is 5.49. The second-order valence-electron chi connectivity index (χ2n) is 13.8. The van der Waals surface area contributed by atoms with Gasteiger partial charge in [0, 0.05) is 36.6 Å². The van der Waals surface area contributed by atoms with Gasteiger partial charge >= 0.3 is 5.97 Å². The fourth-order valence-corrected chi connectivity index (χ4v) is 8.88. The molecule has 3 saturated heterocycles. The average molecular weight is 765 g/mol. The number of allylic oxidation sites excluding steroid dienone is 1. The summed E-state index contributed by atoms with van der Waals surface area (Å²) < 4.78 is 12.4. The van der Waals surface area contributed by atoms with Gasteiger partial charge in [0.1, 0.15) is 18.2 Å². The zero-order valence-electron chi connectivity index (χ0n) is 29.6. The van der Waals surface area contributed by atoms with E-state index in [9.17, 15) is 24.3 Å². The number of benzene rings is 2. The number of hydrogen-bond acceptors (Lipinski definition) is 7. The molecule has 51 heavy (non-hydrogen) atoms. The van der Waals surface area contributed by atoms with E-state index in [-0.39, 0.29) is 42.8 Å². The Kier molecular flexibility index (Phi) is 12.9. The molecule has 1 spiro atoms. The van der Waals surface area contributed by atoms with Crippen molar-refractivity contribution in [3.63, 3.8) is 0 Å². The van der Waals surface area contributed by atoms with Crippen LogP contribution in [0.15, 0.2) is 73.8 Å². The standard InChI is InChI=1S/C40H50BrN3O7/c1-5-7-17-32(46)50-25-30(28-15-11-10-12-16-28)42-37(47)33-34-38(48)44(21-13-8-9-14-22-45)36(40(34)24-29(41)35(33)51-40)39(49)43(20-6-2)31-23-26(3)18-19-27(31)4/h5-6,10-12,15-16,18-19,23,29-30,33-36,45H,1-2,7-9,13-14,17,20-22,24-25H2,3-4H3,(H,42,47)/t29?,30-,33+,34-,35+,36+,40-/m1/s1. The average Bonchev–Trinajstić information content (AvgIpc) is 3.72. The molecule has 2 N–H and O–H groups in total. The summed E-state index contributed by atoms with van der Waals surface area (Å²) >= 11 is 3.77. The lowest BCUT2D eigenvalue weighted by atomic mass is 9.70. The number of ether oxygens (including phenoxy) is 2. The summed E-state index contributed by atoms with van der Waals surface area (Å²) in [6, 6.07) is 13.6. The number of esters is 1. The van der Waals surface area contributed by atoms with E-state index < -0.39 is 47.5 Å². The molecule has 10 nitrogen and oxygen atoms in total. The van der Waals surface area contributed by atoms with Crippen LogP contribution < -0.4 is 10.2 Å². The van der Waals surface area contributed by atoms with E-state index in [1.807, 2.05) is 62.4 Å². The second kappa shape index (κ2) is 17.1. The Hall–Kier alpha value is -3.80. The Morgan fingerprint density at radius 2 is 1.86 bits per heavy atom. The molecule has 0 radical (unpaired) electrons. The Bertz CT molecular complexity index is 1600. The number of halogens is 1. The quantitative estimate of drug-likeness (QED) is 0.0891. The van der Waals surface area contributed by atoms with Crippen molar-refractivity contribution in [2.45, 2.75) is 87.4 Å². The van der Waals surface area contributed by atoms with Crippen molar-refractivity contribution in [3.8, 4) is 0 Å². The van der Waals surface area contributed by atoms with Crippen LogP contribution in [0.5, 0.6) is 0 Å². The van der Waals surface area contributed by atoms with Gasteiger partial charge in [0.2, 0.25) is 11.8 Å². The normalized spacial score (nSPS) is 25.3. The number of aryl methyl sites for hydroxylation is 2. The fourth-order valence-electron chi connectivity index (χ4n) is 7.93. The van der Waals surface area contributed by atoms with Crippen LogP contribution in [0, 0.1) is 25.7 Å². The van der Waals surface area contributed by atoms with Crippen LogP contribution in [-0.2, 0) is 28.7 Å². The summed E-state index contributed by atoms with van der Waals surface area (Å²) in [4.78, 5) is 59.6. The summed E-state index contributed by atoms with van der Waals surface area (Å²) in [6.45, 7) is 12.1. The summed E-state index contributed by atoms with van der Waals surface area (Å²) in [7, 11) is 0. The van der Waals surface area contributed by atoms with Gasteiger partial charge in [0.25, 0.3) is 5.91 Å². The third-order valence-corrected chi connectivity index (χ3v) is 11.2. The summed E-state index contributed by atoms with van der Waals surface area (Å²) in [5.74, 6) is -3.12. The molecular weight excluding hydrogens is 714 g/mol. The number of rotatable bonds is 18. The molecule has 2 aromatic rings. The van der Waals surface area contributed by atoms with Crippen LogP contribution in [0.2, 0.25) is 0 Å². The van der Waals surface area contributed by atoms with Crippen LogP contribution in [0.1, 0.15) is 67.7 Å². The topological polar surface area (TPSA) is 125 Å². The number of nitrogens with one attached hydrogen (secondary N) is 1. The second-order valence-corrected chi connectivity index (χ2v) is 15.0. The minimum Gasteiger partial charge on any atom is -0.463 e. The van der Waals surface area contributed by atoms with E-state index in [1.54, 1.807) is 22.0 Å². The van der Waals surface area contributed by atoms with Crippen molar-refractivity contribution in [2.24, 2.45) is 11.8 Å². The van der Waals surface area contributed by atoms with Crippen molar-refractivity contribution in [1.82, 2.24) is 10.2 Å². The number of amides is 3. The van der Waals surface area contributed by atoms with Crippen molar-refractivity contribution < 1.29 is 33.8 Å². The van der Waals surface area contributed by atoms with E-state index in [2.05, 4.69) is 34.4 Å². The summed E-state index contributed by atoms with van der Waals surface area (Å²) in [6.07, 6.45) is 6.57. The molecule has 2 bridgehead atoms. The molecule has 3 amide bonds. The van der Waals surface area contributed by atoms with Gasteiger partial charge in [0.15, 0.2) is 0 Å². The fraction of sp³-hybridized carbons (Fsp3) is 0.500. The molecule has 11 heteroatoms. The first-order chi connectivity index (χ1) is 24.6. The van der Waals surface area contributed by atoms with Crippen molar-refractivity contribution in [2.75, 3.05) is 31.2 Å². The number of fused-ring (bicyclic) bond motifs is 1. The number of aliphatic hydroxyl groups is 1. The highest BCUT2D eigenvalue weighted by molar-refractivity contribution is 9.09. The van der Waals surface area contributed by atoms with Crippen LogP contribution >= 0.6 is 15.9 Å². The number of unbranched alkanes of at least 4 members (excludes halogenated alkanes) is 3. The molecule has 274 valence electrons. The zero-order chi connectivity index (χ0) is 36.7. The molecule has 2 aromatic carbocycles. The van der Waals surface area contributed by atoms with E-state index in [4.69, 9.17) is 9.47 Å². The molecule has 3 aliphatic heterocycles. The van der Waals surface area contributed by atoms with Gasteiger partial charge in [0.05, 0.1) is 24.0 Å². The first kappa shape index (κ1) is 38.4. The van der Waals surface area contributed by atoms with Gasteiger partial charge in [-0.1, -0.05) is 83.4 Å². The first-order valence-corrected chi connectivity index (χ1v) is 18.8. The maximum atomic E-state index is 15.0. The van der Waals surface area contributed by atoms with Crippen LogP contribution in [0.4, 0.5) is 5.69 Å². The minimum atomic E-state index is -1.24. The number of anilines is 1. The highest BCUT2D eigenvalue weighted by atomic mass is 79.9. The molecule has 7 atom stereocenters. The molecule has 0 aromatic heterocycles. The molecule has 0 aliphatic carbocycles.